The van der Waals surface area contributed by atoms with Gasteiger partial charge in [0, 0.05) is 27.9 Å². The quantitative estimate of drug-likeness (QED) is 0.647. The van der Waals surface area contributed by atoms with E-state index in [-0.39, 0.29) is 19.1 Å². The molecule has 2 rings (SSSR count). The normalized spacial score (nSPS) is 35.5. The number of hydrogen-bond acceptors (Lipinski definition) is 8. The van der Waals surface area contributed by atoms with Crippen LogP contribution in [0.15, 0.2) is 0 Å². The summed E-state index contributed by atoms with van der Waals surface area (Å²) in [6, 6.07) is -0.798. The largest absolute Gasteiger partial charge is 0.456 e. The Morgan fingerprint density at radius 2 is 1.83 bits per heavy atom. The smallest absolute Gasteiger partial charge is 0.303 e. The zero-order valence-electron chi connectivity index (χ0n) is 13.5. The minimum absolute atomic E-state index is 0.0754. The SMILES string of the molecule is COC[C@@]12CO[C@@H](O1)[C@H](NC(C)=O)[C@@H](OC(C)=O)[C@H]2OC(C)=O. The third-order valence-electron chi connectivity index (χ3n) is 3.66. The van der Waals surface area contributed by atoms with Gasteiger partial charge in [0.2, 0.25) is 5.91 Å². The van der Waals surface area contributed by atoms with Crippen molar-refractivity contribution in [3.8, 4) is 0 Å². The third-order valence-corrected chi connectivity index (χ3v) is 3.66. The molecule has 0 aromatic rings. The molecule has 9 nitrogen and oxygen atoms in total. The first-order valence-electron chi connectivity index (χ1n) is 7.19. The first kappa shape index (κ1) is 17.6. The number of fused-ring (bicyclic) bond motifs is 2. The van der Waals surface area contributed by atoms with E-state index < -0.39 is 42.1 Å². The summed E-state index contributed by atoms with van der Waals surface area (Å²) >= 11 is 0. The van der Waals surface area contributed by atoms with Crippen molar-refractivity contribution < 1.29 is 38.1 Å². The van der Waals surface area contributed by atoms with Gasteiger partial charge in [0.15, 0.2) is 24.1 Å². The average Bonchev–Trinajstić information content (AvgIpc) is 2.80. The number of amides is 1. The number of hydrogen-bond donors (Lipinski definition) is 1. The second-order valence-corrected chi connectivity index (χ2v) is 5.63. The first-order valence-corrected chi connectivity index (χ1v) is 7.19. The van der Waals surface area contributed by atoms with E-state index in [0.717, 1.165) is 0 Å². The van der Waals surface area contributed by atoms with Gasteiger partial charge in [0.05, 0.1) is 13.2 Å². The summed E-state index contributed by atoms with van der Waals surface area (Å²) in [6.07, 6.45) is -2.75. The highest BCUT2D eigenvalue weighted by Crippen LogP contribution is 2.40. The maximum atomic E-state index is 11.5. The molecule has 0 saturated carbocycles. The molecular weight excluding hydrogens is 310 g/mol. The molecule has 2 bridgehead atoms. The van der Waals surface area contributed by atoms with Crippen LogP contribution in [-0.2, 0) is 38.1 Å². The van der Waals surface area contributed by atoms with E-state index >= 15 is 0 Å². The van der Waals surface area contributed by atoms with Crippen LogP contribution in [0.4, 0.5) is 0 Å². The highest BCUT2D eigenvalue weighted by atomic mass is 16.8. The Balaban J connectivity index is 2.38. The van der Waals surface area contributed by atoms with Gasteiger partial charge in [-0.25, -0.2) is 0 Å². The van der Waals surface area contributed by atoms with Crippen LogP contribution in [0, 0.1) is 0 Å². The fourth-order valence-corrected chi connectivity index (χ4v) is 2.96. The van der Waals surface area contributed by atoms with Gasteiger partial charge in [-0.1, -0.05) is 0 Å². The Morgan fingerprint density at radius 1 is 1.17 bits per heavy atom. The third kappa shape index (κ3) is 3.62. The van der Waals surface area contributed by atoms with Gasteiger partial charge in [-0.2, -0.15) is 0 Å². The Morgan fingerprint density at radius 3 is 2.35 bits per heavy atom. The molecule has 2 heterocycles. The van der Waals surface area contributed by atoms with Gasteiger partial charge in [-0.05, 0) is 0 Å². The van der Waals surface area contributed by atoms with Crippen molar-refractivity contribution >= 4 is 17.8 Å². The molecule has 0 spiro atoms. The molecule has 2 fully saturated rings. The Hall–Kier alpha value is -1.71. The van der Waals surface area contributed by atoms with Crippen LogP contribution in [0.1, 0.15) is 20.8 Å². The standard InChI is InChI=1S/C14H21NO8/c1-7(16)15-10-11(21-8(2)17)12(22-9(3)18)14(5-19-4)6-20-13(10)23-14/h10-13H,5-6H2,1-4H3,(H,15,16)/t10-,11-,12-,13+,14+/m1/s1. The first-order chi connectivity index (χ1) is 10.8. The van der Waals surface area contributed by atoms with Gasteiger partial charge in [-0.3, -0.25) is 14.4 Å². The van der Waals surface area contributed by atoms with Gasteiger partial charge < -0.3 is 29.0 Å². The van der Waals surface area contributed by atoms with Crippen molar-refractivity contribution in [2.75, 3.05) is 20.3 Å². The van der Waals surface area contributed by atoms with Crippen LogP contribution in [0.5, 0.6) is 0 Å². The van der Waals surface area contributed by atoms with Gasteiger partial charge in [0.1, 0.15) is 6.04 Å². The molecule has 130 valence electrons. The summed E-state index contributed by atoms with van der Waals surface area (Å²) in [6.45, 7) is 3.94. The summed E-state index contributed by atoms with van der Waals surface area (Å²) in [5, 5.41) is 2.63. The van der Waals surface area contributed by atoms with E-state index in [1.165, 1.54) is 27.9 Å². The topological polar surface area (TPSA) is 109 Å². The van der Waals surface area contributed by atoms with Crippen molar-refractivity contribution in [3.05, 3.63) is 0 Å². The molecule has 0 radical (unpaired) electrons. The maximum absolute atomic E-state index is 11.5. The van der Waals surface area contributed by atoms with E-state index in [4.69, 9.17) is 23.7 Å². The van der Waals surface area contributed by atoms with Crippen LogP contribution in [0.25, 0.3) is 0 Å². The number of carbonyl (C=O) groups excluding carboxylic acids is 3. The van der Waals surface area contributed by atoms with Crippen LogP contribution in [0.2, 0.25) is 0 Å². The summed E-state index contributed by atoms with van der Waals surface area (Å²) in [5.74, 6) is -1.50. The molecule has 2 aliphatic heterocycles. The minimum Gasteiger partial charge on any atom is -0.456 e. The van der Waals surface area contributed by atoms with Crippen molar-refractivity contribution in [1.29, 1.82) is 0 Å². The number of carbonyl (C=O) groups is 3. The second kappa shape index (κ2) is 6.81. The molecule has 2 saturated heterocycles. The number of methoxy groups -OCH3 is 1. The predicted molar refractivity (Wildman–Crippen MR) is 74.1 cm³/mol. The molecule has 23 heavy (non-hydrogen) atoms. The second-order valence-electron chi connectivity index (χ2n) is 5.63. The van der Waals surface area contributed by atoms with Gasteiger partial charge >= 0.3 is 11.9 Å². The molecule has 1 amide bonds. The average molecular weight is 331 g/mol. The number of nitrogens with one attached hydrogen (secondary N) is 1. The lowest BCUT2D eigenvalue weighted by Crippen LogP contribution is -2.68. The van der Waals surface area contributed by atoms with Crippen LogP contribution < -0.4 is 5.32 Å². The molecule has 9 heteroatoms. The van der Waals surface area contributed by atoms with Crippen molar-refractivity contribution in [1.82, 2.24) is 5.32 Å². The fraction of sp³-hybridized carbons (Fsp3) is 0.786. The molecule has 0 unspecified atom stereocenters. The van der Waals surface area contributed by atoms with Gasteiger partial charge in [0.25, 0.3) is 0 Å². The van der Waals surface area contributed by atoms with Crippen molar-refractivity contribution in [2.45, 2.75) is 50.9 Å². The molecule has 1 N–H and O–H groups in total. The van der Waals surface area contributed by atoms with Crippen LogP contribution in [-0.4, -0.2) is 68.3 Å². The van der Waals surface area contributed by atoms with Crippen molar-refractivity contribution in [3.63, 3.8) is 0 Å². The van der Waals surface area contributed by atoms with E-state index in [2.05, 4.69) is 5.32 Å². The monoisotopic (exact) mass is 331 g/mol. The number of rotatable bonds is 5. The molecule has 5 atom stereocenters. The summed E-state index contributed by atoms with van der Waals surface area (Å²) in [7, 11) is 1.47. The van der Waals surface area contributed by atoms with Gasteiger partial charge in [-0.15, -0.1) is 0 Å². The molecule has 0 aromatic heterocycles. The lowest BCUT2D eigenvalue weighted by atomic mass is 9.87. The van der Waals surface area contributed by atoms with E-state index in [1.54, 1.807) is 0 Å². The van der Waals surface area contributed by atoms with E-state index in [9.17, 15) is 14.4 Å². The summed E-state index contributed by atoms with van der Waals surface area (Å²) < 4.78 is 27.2. The van der Waals surface area contributed by atoms with Crippen LogP contribution in [0.3, 0.4) is 0 Å². The predicted octanol–water partition coefficient (Wildman–Crippen LogP) is -0.874. The van der Waals surface area contributed by atoms with Crippen molar-refractivity contribution in [2.24, 2.45) is 0 Å². The lowest BCUT2D eigenvalue weighted by molar-refractivity contribution is -0.249. The molecule has 0 aromatic carbocycles. The maximum Gasteiger partial charge on any atom is 0.303 e. The fourth-order valence-electron chi connectivity index (χ4n) is 2.96. The Kier molecular flexibility index (Phi) is 5.23. The number of esters is 2. The van der Waals surface area contributed by atoms with Crippen LogP contribution >= 0.6 is 0 Å². The lowest BCUT2D eigenvalue weighted by Gasteiger charge is -2.45. The van der Waals surface area contributed by atoms with E-state index in [0.29, 0.717) is 0 Å². The summed E-state index contributed by atoms with van der Waals surface area (Å²) in [4.78, 5) is 34.4. The highest BCUT2D eigenvalue weighted by Gasteiger charge is 2.63. The zero-order valence-corrected chi connectivity index (χ0v) is 13.5. The minimum atomic E-state index is -1.10. The Labute approximate surface area is 133 Å². The molecular formula is C14H21NO8. The molecule has 0 aliphatic carbocycles. The number of ether oxygens (including phenoxy) is 5. The Bertz CT molecular complexity index is 495. The zero-order chi connectivity index (χ0) is 17.2. The van der Waals surface area contributed by atoms with E-state index in [1.807, 2.05) is 0 Å². The highest BCUT2D eigenvalue weighted by molar-refractivity contribution is 5.73. The summed E-state index contributed by atoms with van der Waals surface area (Å²) in [5.41, 5.74) is -1.10. The molecule has 2 aliphatic rings.